The third-order valence-corrected chi connectivity index (χ3v) is 7.99. The van der Waals surface area contributed by atoms with Gasteiger partial charge in [0.05, 0.1) is 5.02 Å². The lowest BCUT2D eigenvalue weighted by Gasteiger charge is -2.53. The Kier molecular flexibility index (Phi) is 3.35. The van der Waals surface area contributed by atoms with E-state index in [9.17, 15) is 8.42 Å². The van der Waals surface area contributed by atoms with Crippen molar-refractivity contribution in [3.63, 3.8) is 0 Å². The normalized spacial score (nSPS) is 31.4. The molecule has 4 nitrogen and oxygen atoms in total. The van der Waals surface area contributed by atoms with Crippen LogP contribution in [-0.2, 0) is 10.0 Å². The first kappa shape index (κ1) is 14.9. The smallest absolute Gasteiger partial charge is 0.244 e. The van der Waals surface area contributed by atoms with Gasteiger partial charge < -0.3 is 0 Å². The van der Waals surface area contributed by atoms with Gasteiger partial charge in [0.2, 0.25) is 10.0 Å². The van der Waals surface area contributed by atoms with Gasteiger partial charge >= 0.3 is 0 Å². The molecular formula is C16H21ClN2O2S. The van der Waals surface area contributed by atoms with E-state index in [2.05, 4.69) is 11.8 Å². The second-order valence-corrected chi connectivity index (χ2v) is 9.31. The summed E-state index contributed by atoms with van der Waals surface area (Å²) in [5.74, 6) is 0. The first-order valence-corrected chi connectivity index (χ1v) is 9.77. The van der Waals surface area contributed by atoms with Crippen LogP contribution < -0.4 is 0 Å². The molecule has 0 N–H and O–H groups in total. The number of hydrogen-bond donors (Lipinski definition) is 0. The fourth-order valence-electron chi connectivity index (χ4n) is 3.99. The van der Waals surface area contributed by atoms with Gasteiger partial charge in [-0.1, -0.05) is 23.7 Å². The van der Waals surface area contributed by atoms with E-state index >= 15 is 0 Å². The highest BCUT2D eigenvalue weighted by atomic mass is 35.5. The Hall–Kier alpha value is -0.620. The van der Waals surface area contributed by atoms with Crippen molar-refractivity contribution in [3.05, 3.63) is 29.3 Å². The molecule has 0 spiro atoms. The highest BCUT2D eigenvalue weighted by molar-refractivity contribution is 7.89. The molecular weight excluding hydrogens is 320 g/mol. The molecule has 0 radical (unpaired) electrons. The number of piperazine rings is 1. The van der Waals surface area contributed by atoms with Crippen LogP contribution in [0.15, 0.2) is 29.2 Å². The van der Waals surface area contributed by atoms with E-state index in [0.29, 0.717) is 23.1 Å². The van der Waals surface area contributed by atoms with Crippen LogP contribution in [0.2, 0.25) is 5.02 Å². The molecule has 3 heterocycles. The maximum absolute atomic E-state index is 13.0. The first-order valence-electron chi connectivity index (χ1n) is 7.95. The molecule has 0 aromatic heterocycles. The van der Waals surface area contributed by atoms with Gasteiger partial charge in [-0.05, 0) is 44.7 Å². The molecule has 22 heavy (non-hydrogen) atoms. The maximum Gasteiger partial charge on any atom is 0.244 e. The first-order chi connectivity index (χ1) is 10.4. The molecule has 2 bridgehead atoms. The van der Waals surface area contributed by atoms with Crippen LogP contribution in [0.5, 0.6) is 0 Å². The van der Waals surface area contributed by atoms with Gasteiger partial charge in [-0.25, -0.2) is 8.42 Å². The molecule has 3 aliphatic heterocycles. The average Bonchev–Trinajstić information content (AvgIpc) is 3.27. The summed E-state index contributed by atoms with van der Waals surface area (Å²) in [7, 11) is -3.50. The van der Waals surface area contributed by atoms with E-state index in [0.717, 1.165) is 19.4 Å². The van der Waals surface area contributed by atoms with Crippen LogP contribution in [0, 0.1) is 0 Å². The van der Waals surface area contributed by atoms with Crippen molar-refractivity contribution in [2.24, 2.45) is 0 Å². The van der Waals surface area contributed by atoms with Crippen LogP contribution in [0.3, 0.4) is 0 Å². The summed E-state index contributed by atoms with van der Waals surface area (Å²) in [5, 5.41) is 0.315. The number of rotatable bonds is 3. The van der Waals surface area contributed by atoms with Gasteiger partial charge in [-0.2, -0.15) is 4.31 Å². The van der Waals surface area contributed by atoms with Gasteiger partial charge in [0.1, 0.15) is 4.90 Å². The second kappa shape index (κ2) is 4.94. The van der Waals surface area contributed by atoms with Crippen molar-refractivity contribution < 1.29 is 8.42 Å². The zero-order chi connectivity index (χ0) is 15.5. The minimum absolute atomic E-state index is 0.0868. The summed E-state index contributed by atoms with van der Waals surface area (Å²) < 4.78 is 27.7. The number of piperidine rings is 2. The van der Waals surface area contributed by atoms with Gasteiger partial charge in [-0.15, -0.1) is 0 Å². The van der Waals surface area contributed by atoms with Crippen molar-refractivity contribution >= 4 is 21.6 Å². The maximum atomic E-state index is 13.0. The van der Waals surface area contributed by atoms with Crippen molar-refractivity contribution in [2.45, 2.75) is 55.1 Å². The number of benzene rings is 1. The molecule has 6 heteroatoms. The molecule has 3 saturated heterocycles. The summed E-state index contributed by atoms with van der Waals surface area (Å²) in [4.78, 5) is 2.80. The van der Waals surface area contributed by atoms with E-state index in [1.54, 1.807) is 28.6 Å². The number of nitrogens with zero attached hydrogens (tertiary/aromatic N) is 2. The van der Waals surface area contributed by atoms with Crippen LogP contribution >= 0.6 is 11.6 Å². The molecule has 1 aromatic carbocycles. The summed E-state index contributed by atoms with van der Waals surface area (Å²) in [6.07, 6.45) is 4.55. The molecule has 0 amide bonds. The lowest BCUT2D eigenvalue weighted by molar-refractivity contribution is -0.00984. The molecule has 4 aliphatic rings. The van der Waals surface area contributed by atoms with Gasteiger partial charge in [0.15, 0.2) is 0 Å². The standard InChI is InChI=1S/C16H21ClN2O2S/c1-16(8-9-16)18-10-13-7-6-12(18)11-19(13)22(20,21)15-5-3-2-4-14(15)17/h2-5,12-13H,6-11H2,1H3. The van der Waals surface area contributed by atoms with E-state index in [4.69, 9.17) is 11.6 Å². The Morgan fingerprint density at radius 1 is 1.14 bits per heavy atom. The van der Waals surface area contributed by atoms with E-state index < -0.39 is 10.0 Å². The second-order valence-electron chi connectivity index (χ2n) is 7.04. The molecule has 5 rings (SSSR count). The summed E-state index contributed by atoms with van der Waals surface area (Å²) in [6.45, 7) is 3.78. The average molecular weight is 341 g/mol. The Morgan fingerprint density at radius 3 is 2.41 bits per heavy atom. The number of fused-ring (bicyclic) bond motifs is 3. The number of sulfonamides is 1. The SMILES string of the molecule is CC1(N2CC3CCC2CN3S(=O)(=O)c2ccccc2Cl)CC1. The molecule has 4 fully saturated rings. The largest absolute Gasteiger partial charge is 0.292 e. The van der Waals surface area contributed by atoms with Crippen molar-refractivity contribution in [2.75, 3.05) is 13.1 Å². The minimum atomic E-state index is -3.50. The summed E-state index contributed by atoms with van der Waals surface area (Å²) in [6, 6.07) is 7.20. The van der Waals surface area contributed by atoms with E-state index in [-0.39, 0.29) is 10.9 Å². The predicted molar refractivity (Wildman–Crippen MR) is 86.5 cm³/mol. The Balaban J connectivity index is 1.64. The molecule has 1 saturated carbocycles. The number of hydrogen-bond acceptors (Lipinski definition) is 3. The quantitative estimate of drug-likeness (QED) is 0.849. The highest BCUT2D eigenvalue weighted by Crippen LogP contribution is 2.47. The number of halogens is 1. The van der Waals surface area contributed by atoms with Crippen LogP contribution in [0.4, 0.5) is 0 Å². The lowest BCUT2D eigenvalue weighted by Crippen LogP contribution is -2.66. The Bertz CT molecular complexity index is 702. The van der Waals surface area contributed by atoms with Gasteiger partial charge in [-0.3, -0.25) is 4.90 Å². The summed E-state index contributed by atoms with van der Waals surface area (Å²) >= 11 is 6.13. The zero-order valence-corrected chi connectivity index (χ0v) is 14.3. The van der Waals surface area contributed by atoms with Crippen molar-refractivity contribution in [3.8, 4) is 0 Å². The third-order valence-electron chi connectivity index (χ3n) is 5.57. The van der Waals surface area contributed by atoms with Crippen molar-refractivity contribution in [1.82, 2.24) is 9.21 Å². The molecule has 1 aliphatic carbocycles. The predicted octanol–water partition coefficient (Wildman–Crippen LogP) is 2.73. The van der Waals surface area contributed by atoms with Gasteiger partial charge in [0.25, 0.3) is 0 Å². The molecule has 1 aromatic rings. The fraction of sp³-hybridized carbons (Fsp3) is 0.625. The van der Waals surface area contributed by atoms with E-state index in [1.807, 2.05) is 0 Å². The van der Waals surface area contributed by atoms with Crippen LogP contribution in [0.1, 0.15) is 32.6 Å². The molecule has 120 valence electrons. The van der Waals surface area contributed by atoms with Crippen molar-refractivity contribution in [1.29, 1.82) is 0 Å². The highest BCUT2D eigenvalue weighted by Gasteiger charge is 2.53. The van der Waals surface area contributed by atoms with E-state index in [1.165, 1.54) is 12.8 Å². The summed E-state index contributed by atoms with van der Waals surface area (Å²) in [5.41, 5.74) is 0.323. The minimum Gasteiger partial charge on any atom is -0.292 e. The third kappa shape index (κ3) is 2.21. The monoisotopic (exact) mass is 340 g/mol. The van der Waals surface area contributed by atoms with Crippen LogP contribution in [-0.4, -0.2) is 48.3 Å². The fourth-order valence-corrected chi connectivity index (χ4v) is 6.17. The Labute approximate surface area is 137 Å². The van der Waals surface area contributed by atoms with Crippen LogP contribution in [0.25, 0.3) is 0 Å². The zero-order valence-electron chi connectivity index (χ0n) is 12.7. The topological polar surface area (TPSA) is 40.6 Å². The molecule has 2 atom stereocenters. The lowest BCUT2D eigenvalue weighted by atomic mass is 9.91. The molecule has 2 unspecified atom stereocenters. The van der Waals surface area contributed by atoms with Gasteiger partial charge in [0, 0.05) is 30.7 Å². The Morgan fingerprint density at radius 2 is 1.82 bits per heavy atom.